The Labute approximate surface area is 115 Å². The molecule has 3 nitrogen and oxygen atoms in total. The predicted octanol–water partition coefficient (Wildman–Crippen LogP) is 2.12. The minimum atomic E-state index is -4.38. The summed E-state index contributed by atoms with van der Waals surface area (Å²) in [6.45, 7) is 1.66. The van der Waals surface area contributed by atoms with Gasteiger partial charge >= 0.3 is 6.18 Å². The number of piperidine rings is 1. The minimum Gasteiger partial charge on any atom is -0.352 e. The molecule has 0 aliphatic carbocycles. The molecule has 1 aromatic carbocycles. The average molecular weight is 286 g/mol. The molecule has 1 atom stereocenters. The van der Waals surface area contributed by atoms with E-state index < -0.39 is 11.7 Å². The number of alkyl halides is 3. The molecule has 1 heterocycles. The molecule has 1 fully saturated rings. The van der Waals surface area contributed by atoms with Gasteiger partial charge in [0.25, 0.3) is 0 Å². The lowest BCUT2D eigenvalue weighted by Gasteiger charge is -2.23. The van der Waals surface area contributed by atoms with E-state index in [1.807, 2.05) is 0 Å². The van der Waals surface area contributed by atoms with Gasteiger partial charge in [0.2, 0.25) is 5.91 Å². The maximum Gasteiger partial charge on any atom is 0.416 e. The molecular weight excluding hydrogens is 269 g/mol. The second-order valence-electron chi connectivity index (χ2n) is 4.99. The van der Waals surface area contributed by atoms with E-state index in [1.165, 1.54) is 12.1 Å². The van der Waals surface area contributed by atoms with Crippen LogP contribution in [0.5, 0.6) is 0 Å². The lowest BCUT2D eigenvalue weighted by Crippen LogP contribution is -2.46. The van der Waals surface area contributed by atoms with Crippen molar-refractivity contribution < 1.29 is 18.0 Å². The van der Waals surface area contributed by atoms with Gasteiger partial charge in [-0.2, -0.15) is 13.2 Å². The van der Waals surface area contributed by atoms with Gasteiger partial charge in [-0.3, -0.25) is 4.79 Å². The van der Waals surface area contributed by atoms with Crippen LogP contribution in [0.2, 0.25) is 0 Å². The Kier molecular flexibility index (Phi) is 4.65. The molecule has 1 amide bonds. The average Bonchev–Trinajstić information content (AvgIpc) is 2.39. The van der Waals surface area contributed by atoms with Crippen LogP contribution >= 0.6 is 0 Å². The van der Waals surface area contributed by atoms with Crippen molar-refractivity contribution in [3.63, 3.8) is 0 Å². The van der Waals surface area contributed by atoms with Crippen molar-refractivity contribution in [3.05, 3.63) is 35.4 Å². The smallest absolute Gasteiger partial charge is 0.352 e. The monoisotopic (exact) mass is 286 g/mol. The number of nitrogens with one attached hydrogen (secondary N) is 2. The molecule has 0 bridgehead atoms. The quantitative estimate of drug-likeness (QED) is 0.893. The van der Waals surface area contributed by atoms with Crippen LogP contribution in [0.25, 0.3) is 0 Å². The molecule has 1 saturated heterocycles. The van der Waals surface area contributed by atoms with Crippen molar-refractivity contribution in [1.29, 1.82) is 0 Å². The van der Waals surface area contributed by atoms with E-state index in [9.17, 15) is 18.0 Å². The number of carbonyl (C=O) groups excluding carboxylic acids is 1. The van der Waals surface area contributed by atoms with Gasteiger partial charge in [-0.15, -0.1) is 0 Å². The molecule has 110 valence electrons. The molecule has 2 rings (SSSR count). The summed E-state index contributed by atoms with van der Waals surface area (Å²) >= 11 is 0. The number of rotatable bonds is 3. The van der Waals surface area contributed by atoms with Crippen LogP contribution < -0.4 is 10.6 Å². The highest BCUT2D eigenvalue weighted by Gasteiger charge is 2.30. The van der Waals surface area contributed by atoms with Gasteiger partial charge < -0.3 is 10.6 Å². The maximum atomic E-state index is 12.6. The highest BCUT2D eigenvalue weighted by molar-refractivity contribution is 5.78. The Morgan fingerprint density at radius 2 is 2.20 bits per heavy atom. The van der Waals surface area contributed by atoms with Crippen molar-refractivity contribution in [1.82, 2.24) is 10.6 Å². The normalized spacial score (nSPS) is 19.6. The zero-order valence-electron chi connectivity index (χ0n) is 11.0. The summed E-state index contributed by atoms with van der Waals surface area (Å²) in [5.74, 6) is -0.238. The van der Waals surface area contributed by atoms with E-state index in [4.69, 9.17) is 0 Å². The number of hydrogen-bond acceptors (Lipinski definition) is 2. The van der Waals surface area contributed by atoms with Gasteiger partial charge in [-0.25, -0.2) is 0 Å². The highest BCUT2D eigenvalue weighted by atomic mass is 19.4. The van der Waals surface area contributed by atoms with Gasteiger partial charge in [0.05, 0.1) is 12.0 Å². The maximum absolute atomic E-state index is 12.6. The molecule has 1 aromatic rings. The summed E-state index contributed by atoms with van der Waals surface area (Å²) < 4.78 is 37.7. The largest absolute Gasteiger partial charge is 0.416 e. The summed E-state index contributed by atoms with van der Waals surface area (Å²) in [6.07, 6.45) is -2.50. The number of hydrogen-bond donors (Lipinski definition) is 2. The fraction of sp³-hybridized carbons (Fsp3) is 0.500. The first-order chi connectivity index (χ1) is 9.45. The third-order valence-electron chi connectivity index (χ3n) is 3.28. The van der Waals surface area contributed by atoms with Crippen molar-refractivity contribution in [2.45, 2.75) is 31.5 Å². The standard InChI is InChI=1S/C14H17F3N2O/c15-14(16,17)11-4-1-3-10(7-11)8-13(20)19-12-5-2-6-18-9-12/h1,3-4,7,12,18H,2,5-6,8-9H2,(H,19,20)/t12-/m0/s1. The first kappa shape index (κ1) is 14.8. The molecule has 0 unspecified atom stereocenters. The molecule has 0 aromatic heterocycles. The van der Waals surface area contributed by atoms with E-state index in [2.05, 4.69) is 10.6 Å². The van der Waals surface area contributed by atoms with Crippen LogP contribution in [-0.2, 0) is 17.4 Å². The molecule has 6 heteroatoms. The van der Waals surface area contributed by atoms with Crippen molar-refractivity contribution >= 4 is 5.91 Å². The van der Waals surface area contributed by atoms with E-state index in [1.54, 1.807) is 0 Å². The van der Waals surface area contributed by atoms with Gasteiger partial charge in [-0.05, 0) is 31.0 Å². The Bertz CT molecular complexity index is 468. The highest BCUT2D eigenvalue weighted by Crippen LogP contribution is 2.29. The SMILES string of the molecule is O=C(Cc1cccc(C(F)(F)F)c1)N[C@H]1CCCNC1. The summed E-state index contributed by atoms with van der Waals surface area (Å²) in [5.41, 5.74) is -0.344. The summed E-state index contributed by atoms with van der Waals surface area (Å²) in [5, 5.41) is 6.01. The van der Waals surface area contributed by atoms with E-state index in [0.29, 0.717) is 12.1 Å². The Hall–Kier alpha value is -1.56. The zero-order chi connectivity index (χ0) is 14.6. The van der Waals surface area contributed by atoms with Gasteiger partial charge in [0.1, 0.15) is 0 Å². The van der Waals surface area contributed by atoms with Crippen molar-refractivity contribution in [3.8, 4) is 0 Å². The predicted molar refractivity (Wildman–Crippen MR) is 69.2 cm³/mol. The van der Waals surface area contributed by atoms with Crippen LogP contribution in [0.3, 0.4) is 0 Å². The topological polar surface area (TPSA) is 41.1 Å². The Balaban J connectivity index is 1.93. The van der Waals surface area contributed by atoms with Crippen LogP contribution in [0.1, 0.15) is 24.0 Å². The molecule has 0 radical (unpaired) electrons. The van der Waals surface area contributed by atoms with Crippen LogP contribution in [0.15, 0.2) is 24.3 Å². The van der Waals surface area contributed by atoms with Gasteiger partial charge in [0, 0.05) is 12.6 Å². The van der Waals surface area contributed by atoms with Crippen LogP contribution in [-0.4, -0.2) is 25.0 Å². The van der Waals surface area contributed by atoms with Gasteiger partial charge in [-0.1, -0.05) is 18.2 Å². The fourth-order valence-corrected chi connectivity index (χ4v) is 2.30. The Morgan fingerprint density at radius 3 is 2.85 bits per heavy atom. The number of carbonyl (C=O) groups is 1. The molecule has 1 aliphatic heterocycles. The van der Waals surface area contributed by atoms with Crippen molar-refractivity contribution in [2.75, 3.05) is 13.1 Å². The number of benzene rings is 1. The number of halogens is 3. The molecule has 20 heavy (non-hydrogen) atoms. The molecular formula is C14H17F3N2O. The summed E-state index contributed by atoms with van der Waals surface area (Å²) in [6, 6.07) is 4.97. The summed E-state index contributed by atoms with van der Waals surface area (Å²) in [7, 11) is 0. The second kappa shape index (κ2) is 6.26. The third kappa shape index (κ3) is 4.23. The summed E-state index contributed by atoms with van der Waals surface area (Å²) in [4.78, 5) is 11.8. The third-order valence-corrected chi connectivity index (χ3v) is 3.28. The Morgan fingerprint density at radius 1 is 1.40 bits per heavy atom. The lowest BCUT2D eigenvalue weighted by molar-refractivity contribution is -0.137. The van der Waals surface area contributed by atoms with Gasteiger partial charge in [0.15, 0.2) is 0 Å². The molecule has 0 saturated carbocycles. The van der Waals surface area contributed by atoms with Crippen molar-refractivity contribution in [2.24, 2.45) is 0 Å². The first-order valence-electron chi connectivity index (χ1n) is 6.61. The lowest BCUT2D eigenvalue weighted by atomic mass is 10.1. The fourth-order valence-electron chi connectivity index (χ4n) is 2.30. The molecule has 0 spiro atoms. The number of amides is 1. The first-order valence-corrected chi connectivity index (χ1v) is 6.61. The zero-order valence-corrected chi connectivity index (χ0v) is 11.0. The van der Waals surface area contributed by atoms with E-state index in [0.717, 1.165) is 31.5 Å². The minimum absolute atomic E-state index is 0.0274. The molecule has 2 N–H and O–H groups in total. The molecule has 1 aliphatic rings. The second-order valence-corrected chi connectivity index (χ2v) is 4.99. The van der Waals surface area contributed by atoms with E-state index >= 15 is 0 Å². The van der Waals surface area contributed by atoms with E-state index in [-0.39, 0.29) is 18.4 Å². The van der Waals surface area contributed by atoms with Crippen LogP contribution in [0, 0.1) is 0 Å². The van der Waals surface area contributed by atoms with Crippen LogP contribution in [0.4, 0.5) is 13.2 Å².